The van der Waals surface area contributed by atoms with Gasteiger partial charge in [-0.2, -0.15) is 5.10 Å². The molecule has 1 amide bonds. The number of rotatable bonds is 5. The average Bonchev–Trinajstić information content (AvgIpc) is 3.02. The van der Waals surface area contributed by atoms with Crippen molar-refractivity contribution in [1.29, 1.82) is 0 Å². The lowest BCUT2D eigenvalue weighted by atomic mass is 10.3. The molecule has 0 aliphatic heterocycles. The second-order valence-corrected chi connectivity index (χ2v) is 5.93. The predicted molar refractivity (Wildman–Crippen MR) is 89.6 cm³/mol. The van der Waals surface area contributed by atoms with E-state index < -0.39 is 5.82 Å². The predicted octanol–water partition coefficient (Wildman–Crippen LogP) is 2.84. The first-order valence-electron chi connectivity index (χ1n) is 7.15. The maximum absolute atomic E-state index is 13.5. The highest BCUT2D eigenvalue weighted by Crippen LogP contribution is 2.17. The fourth-order valence-corrected chi connectivity index (χ4v) is 2.61. The third-order valence-corrected chi connectivity index (χ3v) is 4.09. The molecule has 1 aromatic carbocycles. The summed E-state index contributed by atoms with van der Waals surface area (Å²) in [6.07, 6.45) is 1.69. The van der Waals surface area contributed by atoms with Gasteiger partial charge in [-0.05, 0) is 37.3 Å². The van der Waals surface area contributed by atoms with Crippen molar-refractivity contribution in [3.05, 3.63) is 60.2 Å². The van der Waals surface area contributed by atoms with E-state index in [2.05, 4.69) is 20.6 Å². The lowest BCUT2D eigenvalue weighted by Crippen LogP contribution is -2.15. The van der Waals surface area contributed by atoms with E-state index in [0.29, 0.717) is 10.8 Å². The fraction of sp³-hybridized carbons (Fsp3) is 0.125. The Morgan fingerprint density at radius 2 is 2.04 bits per heavy atom. The molecule has 2 heterocycles. The third kappa shape index (κ3) is 3.77. The number of nitrogens with zero attached hydrogens (tertiary/aromatic N) is 4. The number of carbonyl (C=O) groups excluding carboxylic acids is 1. The van der Waals surface area contributed by atoms with Crippen molar-refractivity contribution in [2.24, 2.45) is 0 Å². The Kier molecular flexibility index (Phi) is 4.85. The molecular formula is C16H14FN5OS. The van der Waals surface area contributed by atoms with Crippen LogP contribution in [0, 0.1) is 12.7 Å². The van der Waals surface area contributed by atoms with Gasteiger partial charge >= 0.3 is 0 Å². The summed E-state index contributed by atoms with van der Waals surface area (Å²) in [6.45, 7) is 1.92. The molecule has 2 aromatic heterocycles. The number of hydrogen-bond acceptors (Lipinski definition) is 5. The second kappa shape index (κ2) is 7.22. The molecule has 0 aliphatic carbocycles. The van der Waals surface area contributed by atoms with Crippen molar-refractivity contribution in [2.45, 2.75) is 11.9 Å². The number of carbonyl (C=O) groups is 1. The maximum atomic E-state index is 13.5. The molecule has 24 heavy (non-hydrogen) atoms. The molecule has 8 heteroatoms. The Morgan fingerprint density at radius 1 is 1.21 bits per heavy atom. The Bertz CT molecular complexity index is 850. The second-order valence-electron chi connectivity index (χ2n) is 4.93. The highest BCUT2D eigenvalue weighted by molar-refractivity contribution is 7.99. The van der Waals surface area contributed by atoms with E-state index in [0.717, 1.165) is 5.69 Å². The van der Waals surface area contributed by atoms with Gasteiger partial charge in [0.05, 0.1) is 11.4 Å². The lowest BCUT2D eigenvalue weighted by molar-refractivity contribution is -0.113. The number of nitrogens with one attached hydrogen (secondary N) is 1. The highest BCUT2D eigenvalue weighted by atomic mass is 32.2. The van der Waals surface area contributed by atoms with Gasteiger partial charge in [0, 0.05) is 11.9 Å². The third-order valence-electron chi connectivity index (χ3n) is 3.17. The maximum Gasteiger partial charge on any atom is 0.234 e. The van der Waals surface area contributed by atoms with Crippen LogP contribution in [0.25, 0.3) is 5.82 Å². The normalized spacial score (nSPS) is 10.6. The van der Waals surface area contributed by atoms with E-state index in [4.69, 9.17) is 0 Å². The van der Waals surface area contributed by atoms with Crippen molar-refractivity contribution < 1.29 is 9.18 Å². The Labute approximate surface area is 142 Å². The zero-order chi connectivity index (χ0) is 16.9. The topological polar surface area (TPSA) is 72.7 Å². The molecule has 6 nitrogen and oxygen atoms in total. The van der Waals surface area contributed by atoms with Gasteiger partial charge in [-0.25, -0.2) is 9.07 Å². The van der Waals surface area contributed by atoms with Crippen LogP contribution >= 0.6 is 11.8 Å². The number of para-hydroxylation sites is 1. The van der Waals surface area contributed by atoms with Crippen molar-refractivity contribution >= 4 is 23.4 Å². The zero-order valence-corrected chi connectivity index (χ0v) is 13.6. The van der Waals surface area contributed by atoms with Gasteiger partial charge in [-0.15, -0.1) is 10.2 Å². The van der Waals surface area contributed by atoms with Gasteiger partial charge < -0.3 is 5.32 Å². The van der Waals surface area contributed by atoms with E-state index in [-0.39, 0.29) is 17.3 Å². The molecule has 3 aromatic rings. The molecule has 122 valence electrons. The SMILES string of the molecule is Cc1ccnn1-c1ccc(SCC(=O)Nc2ccccc2F)nn1. The summed E-state index contributed by atoms with van der Waals surface area (Å²) in [6, 6.07) is 11.5. The number of aryl methyl sites for hydroxylation is 1. The van der Waals surface area contributed by atoms with E-state index in [1.54, 1.807) is 35.1 Å². The van der Waals surface area contributed by atoms with E-state index in [9.17, 15) is 9.18 Å². The minimum absolute atomic E-state index is 0.114. The smallest absolute Gasteiger partial charge is 0.234 e. The average molecular weight is 343 g/mol. The molecule has 0 unspecified atom stereocenters. The number of anilines is 1. The fourth-order valence-electron chi connectivity index (χ4n) is 2.00. The van der Waals surface area contributed by atoms with Crippen LogP contribution in [0.2, 0.25) is 0 Å². The number of halogens is 1. The molecular weight excluding hydrogens is 329 g/mol. The molecule has 0 atom stereocenters. The van der Waals surface area contributed by atoms with Gasteiger partial charge in [0.25, 0.3) is 0 Å². The molecule has 0 saturated carbocycles. The minimum atomic E-state index is -0.463. The molecule has 0 aliphatic rings. The summed E-state index contributed by atoms with van der Waals surface area (Å²) in [5, 5.41) is 15.4. The van der Waals surface area contributed by atoms with E-state index in [1.807, 2.05) is 13.0 Å². The summed E-state index contributed by atoms with van der Waals surface area (Å²) in [7, 11) is 0. The lowest BCUT2D eigenvalue weighted by Gasteiger charge is -2.06. The van der Waals surface area contributed by atoms with Crippen LogP contribution in [0.3, 0.4) is 0 Å². The number of aromatic nitrogens is 4. The van der Waals surface area contributed by atoms with Crippen LogP contribution < -0.4 is 5.32 Å². The summed E-state index contributed by atoms with van der Waals surface area (Å²) in [5.41, 5.74) is 1.12. The summed E-state index contributed by atoms with van der Waals surface area (Å²) in [4.78, 5) is 11.9. The molecule has 0 radical (unpaired) electrons. The summed E-state index contributed by atoms with van der Waals surface area (Å²) < 4.78 is 15.1. The van der Waals surface area contributed by atoms with Gasteiger partial charge in [-0.3, -0.25) is 4.79 Å². The summed E-state index contributed by atoms with van der Waals surface area (Å²) >= 11 is 1.23. The van der Waals surface area contributed by atoms with Gasteiger partial charge in [0.15, 0.2) is 5.82 Å². The zero-order valence-electron chi connectivity index (χ0n) is 12.8. The number of benzene rings is 1. The monoisotopic (exact) mass is 343 g/mol. The first-order valence-corrected chi connectivity index (χ1v) is 8.14. The molecule has 0 bridgehead atoms. The Balaban J connectivity index is 1.58. The minimum Gasteiger partial charge on any atom is -0.323 e. The Hall–Kier alpha value is -2.74. The Morgan fingerprint density at radius 3 is 2.71 bits per heavy atom. The first-order chi connectivity index (χ1) is 11.6. The van der Waals surface area contributed by atoms with E-state index >= 15 is 0 Å². The van der Waals surface area contributed by atoms with Crippen molar-refractivity contribution in [2.75, 3.05) is 11.1 Å². The first kappa shape index (κ1) is 16.1. The van der Waals surface area contributed by atoms with Crippen LogP contribution in [0.5, 0.6) is 0 Å². The molecule has 0 spiro atoms. The van der Waals surface area contributed by atoms with Gasteiger partial charge in [0.2, 0.25) is 5.91 Å². The number of hydrogen-bond donors (Lipinski definition) is 1. The van der Waals surface area contributed by atoms with Crippen molar-refractivity contribution in [3.8, 4) is 5.82 Å². The van der Waals surface area contributed by atoms with Crippen LogP contribution in [0.15, 0.2) is 53.7 Å². The standard InChI is InChI=1S/C16H14FN5OS/c1-11-8-9-18-22(11)14-6-7-16(21-20-14)24-10-15(23)19-13-5-3-2-4-12(13)17/h2-9H,10H2,1H3,(H,19,23). The van der Waals surface area contributed by atoms with Crippen molar-refractivity contribution in [1.82, 2.24) is 20.0 Å². The quantitative estimate of drug-likeness (QED) is 0.721. The van der Waals surface area contributed by atoms with Crippen LogP contribution in [-0.4, -0.2) is 31.6 Å². The molecule has 3 rings (SSSR count). The summed E-state index contributed by atoms with van der Waals surface area (Å²) in [5.74, 6) is -0.0467. The highest BCUT2D eigenvalue weighted by Gasteiger charge is 2.09. The molecule has 1 N–H and O–H groups in total. The van der Waals surface area contributed by atoms with Gasteiger partial charge in [-0.1, -0.05) is 23.9 Å². The van der Waals surface area contributed by atoms with Gasteiger partial charge in [0.1, 0.15) is 10.8 Å². The van der Waals surface area contributed by atoms with E-state index in [1.165, 1.54) is 23.9 Å². The number of thioether (sulfide) groups is 1. The van der Waals surface area contributed by atoms with Crippen molar-refractivity contribution in [3.63, 3.8) is 0 Å². The largest absolute Gasteiger partial charge is 0.323 e. The molecule has 0 fully saturated rings. The van der Waals surface area contributed by atoms with Crippen LogP contribution in [-0.2, 0) is 4.79 Å². The number of amides is 1. The van der Waals surface area contributed by atoms with Crippen LogP contribution in [0.4, 0.5) is 10.1 Å². The van der Waals surface area contributed by atoms with Crippen LogP contribution in [0.1, 0.15) is 5.69 Å². The molecule has 0 saturated heterocycles.